The summed E-state index contributed by atoms with van der Waals surface area (Å²) < 4.78 is 1.79. The molecule has 4 aromatic rings. The number of piperazine rings is 1. The van der Waals surface area contributed by atoms with Gasteiger partial charge in [-0.3, -0.25) is 14.6 Å². The van der Waals surface area contributed by atoms with E-state index in [9.17, 15) is 4.79 Å². The summed E-state index contributed by atoms with van der Waals surface area (Å²) in [5.41, 5.74) is 1.96. The zero-order valence-corrected chi connectivity index (χ0v) is 18.4. The summed E-state index contributed by atoms with van der Waals surface area (Å²) in [7, 11) is 0. The van der Waals surface area contributed by atoms with Crippen LogP contribution in [-0.2, 0) is 13.1 Å². The van der Waals surface area contributed by atoms with E-state index < -0.39 is 0 Å². The Morgan fingerprint density at radius 2 is 1.74 bits per heavy atom. The fourth-order valence-corrected chi connectivity index (χ4v) is 5.01. The van der Waals surface area contributed by atoms with E-state index in [-0.39, 0.29) is 5.56 Å². The van der Waals surface area contributed by atoms with E-state index in [1.54, 1.807) is 16.0 Å². The van der Waals surface area contributed by atoms with Gasteiger partial charge in [0.15, 0.2) is 5.82 Å². The number of hydrogen-bond acceptors (Lipinski definition) is 8. The number of benzene rings is 1. The first kappa shape index (κ1) is 20.0. The maximum absolute atomic E-state index is 12.5. The second-order valence-electron chi connectivity index (χ2n) is 7.87. The minimum Gasteiger partial charge on any atom is -0.309 e. The molecule has 1 aliphatic heterocycles. The van der Waals surface area contributed by atoms with E-state index in [2.05, 4.69) is 30.3 Å². The van der Waals surface area contributed by atoms with Gasteiger partial charge in [-0.25, -0.2) is 4.98 Å². The Morgan fingerprint density at radius 3 is 2.48 bits per heavy atom. The van der Waals surface area contributed by atoms with Gasteiger partial charge >= 0.3 is 0 Å². The van der Waals surface area contributed by atoms with Gasteiger partial charge in [-0.15, -0.1) is 16.4 Å². The predicted molar refractivity (Wildman–Crippen MR) is 119 cm³/mol. The molecule has 0 atom stereocenters. The molecule has 31 heavy (non-hydrogen) atoms. The van der Waals surface area contributed by atoms with E-state index in [0.29, 0.717) is 13.1 Å². The second kappa shape index (κ2) is 8.29. The molecular weight excluding hydrogens is 412 g/mol. The van der Waals surface area contributed by atoms with Gasteiger partial charge in [0, 0.05) is 31.1 Å². The Morgan fingerprint density at radius 1 is 1.03 bits per heavy atom. The van der Waals surface area contributed by atoms with Gasteiger partial charge in [0.05, 0.1) is 24.2 Å². The molecular formula is C21H24N8OS. The van der Waals surface area contributed by atoms with Gasteiger partial charge in [-0.1, -0.05) is 18.2 Å². The van der Waals surface area contributed by atoms with Crippen molar-refractivity contribution in [3.8, 4) is 5.69 Å². The van der Waals surface area contributed by atoms with Crippen molar-refractivity contribution in [2.45, 2.75) is 26.9 Å². The first-order valence-corrected chi connectivity index (χ1v) is 11.2. The molecule has 0 spiro atoms. The summed E-state index contributed by atoms with van der Waals surface area (Å²) in [6.45, 7) is 8.98. The number of aromatic nitrogens is 6. The Bertz CT molecular complexity index is 1250. The topological polar surface area (TPSA) is 95.8 Å². The number of nitrogens with one attached hydrogen (secondary N) is 1. The minimum atomic E-state index is -0.0340. The highest BCUT2D eigenvalue weighted by Gasteiger charge is 2.21. The van der Waals surface area contributed by atoms with E-state index >= 15 is 0 Å². The smallest absolute Gasteiger partial charge is 0.259 e. The van der Waals surface area contributed by atoms with Gasteiger partial charge in [0.1, 0.15) is 10.7 Å². The Kier molecular flexibility index (Phi) is 5.34. The third-order valence-electron chi connectivity index (χ3n) is 5.83. The average Bonchev–Trinajstić information content (AvgIpc) is 3.34. The number of aromatic amines is 1. The molecule has 10 heteroatoms. The van der Waals surface area contributed by atoms with Crippen molar-refractivity contribution in [3.63, 3.8) is 0 Å². The van der Waals surface area contributed by atoms with Gasteiger partial charge in [-0.2, -0.15) is 4.68 Å². The van der Waals surface area contributed by atoms with Crippen LogP contribution >= 0.6 is 11.3 Å². The summed E-state index contributed by atoms with van der Waals surface area (Å²) in [4.78, 5) is 26.9. The zero-order valence-electron chi connectivity index (χ0n) is 17.6. The van der Waals surface area contributed by atoms with E-state index in [1.807, 2.05) is 44.2 Å². The van der Waals surface area contributed by atoms with E-state index in [4.69, 9.17) is 4.98 Å². The molecule has 0 amide bonds. The summed E-state index contributed by atoms with van der Waals surface area (Å²) in [6.07, 6.45) is 0. The molecule has 1 aromatic carbocycles. The maximum Gasteiger partial charge on any atom is 0.259 e. The molecule has 0 unspecified atom stereocenters. The van der Waals surface area contributed by atoms with Crippen molar-refractivity contribution in [3.05, 3.63) is 62.8 Å². The van der Waals surface area contributed by atoms with Crippen LogP contribution in [0.2, 0.25) is 0 Å². The lowest BCUT2D eigenvalue weighted by molar-refractivity contribution is 0.117. The molecule has 0 bridgehead atoms. The van der Waals surface area contributed by atoms with Crippen molar-refractivity contribution >= 4 is 21.6 Å². The maximum atomic E-state index is 12.5. The summed E-state index contributed by atoms with van der Waals surface area (Å²) in [6, 6.07) is 9.94. The number of tetrazole rings is 1. The Hall–Kier alpha value is -2.95. The van der Waals surface area contributed by atoms with Crippen LogP contribution in [-0.4, -0.2) is 66.2 Å². The van der Waals surface area contributed by atoms with Crippen molar-refractivity contribution in [2.75, 3.05) is 26.2 Å². The molecule has 160 valence electrons. The van der Waals surface area contributed by atoms with E-state index in [1.165, 1.54) is 0 Å². The van der Waals surface area contributed by atoms with Crippen LogP contribution < -0.4 is 5.56 Å². The highest BCUT2D eigenvalue weighted by molar-refractivity contribution is 7.18. The summed E-state index contributed by atoms with van der Waals surface area (Å²) >= 11 is 1.59. The number of thiophene rings is 1. The number of rotatable bonds is 5. The Labute approximate surface area is 183 Å². The van der Waals surface area contributed by atoms with Crippen molar-refractivity contribution < 1.29 is 0 Å². The van der Waals surface area contributed by atoms with Crippen LogP contribution in [0.1, 0.15) is 22.1 Å². The molecule has 1 aliphatic rings. The highest BCUT2D eigenvalue weighted by Crippen LogP contribution is 2.25. The summed E-state index contributed by atoms with van der Waals surface area (Å²) in [5, 5.41) is 12.9. The van der Waals surface area contributed by atoms with Crippen LogP contribution in [0.25, 0.3) is 15.9 Å². The van der Waals surface area contributed by atoms with Gasteiger partial charge < -0.3 is 4.98 Å². The quantitative estimate of drug-likeness (QED) is 0.510. The lowest BCUT2D eigenvalue weighted by atomic mass is 10.2. The fourth-order valence-electron chi connectivity index (χ4n) is 3.97. The van der Waals surface area contributed by atoms with Crippen LogP contribution in [0.4, 0.5) is 0 Å². The summed E-state index contributed by atoms with van der Waals surface area (Å²) in [5.74, 6) is 1.57. The number of para-hydroxylation sites is 1. The van der Waals surface area contributed by atoms with Crippen LogP contribution in [0.5, 0.6) is 0 Å². The molecule has 5 rings (SSSR count). The molecule has 0 radical (unpaired) electrons. The highest BCUT2D eigenvalue weighted by atomic mass is 32.1. The molecule has 0 aliphatic carbocycles. The third kappa shape index (κ3) is 4.01. The molecule has 1 saturated heterocycles. The van der Waals surface area contributed by atoms with E-state index in [0.717, 1.165) is 64.2 Å². The molecule has 0 saturated carbocycles. The number of hydrogen-bond donors (Lipinski definition) is 1. The molecule has 4 heterocycles. The normalized spacial score (nSPS) is 15.7. The Balaban J connectivity index is 1.22. The van der Waals surface area contributed by atoms with Gasteiger partial charge in [0.25, 0.3) is 5.56 Å². The number of nitrogens with zero attached hydrogens (tertiary/aromatic N) is 7. The third-order valence-corrected chi connectivity index (χ3v) is 6.93. The van der Waals surface area contributed by atoms with Crippen LogP contribution in [0, 0.1) is 13.8 Å². The minimum absolute atomic E-state index is 0.0340. The first-order valence-electron chi connectivity index (χ1n) is 10.3. The average molecular weight is 437 g/mol. The molecule has 1 fully saturated rings. The van der Waals surface area contributed by atoms with Crippen LogP contribution in [0.3, 0.4) is 0 Å². The first-order chi connectivity index (χ1) is 15.1. The standard InChI is InChI=1S/C21H24N8OS/c1-14-15(2)31-21-19(14)20(30)22-17(23-21)12-27-8-10-28(11-9-27)13-18-24-25-26-29(18)16-6-4-3-5-7-16/h3-7H,8-13H2,1-2H3,(H,22,23,30). The van der Waals surface area contributed by atoms with Crippen molar-refractivity contribution in [2.24, 2.45) is 0 Å². The zero-order chi connectivity index (χ0) is 21.4. The second-order valence-corrected chi connectivity index (χ2v) is 9.07. The molecule has 9 nitrogen and oxygen atoms in total. The number of aryl methyl sites for hydroxylation is 2. The monoisotopic (exact) mass is 436 g/mol. The number of fused-ring (bicyclic) bond motifs is 1. The lowest BCUT2D eigenvalue weighted by Crippen LogP contribution is -2.46. The van der Waals surface area contributed by atoms with Crippen LogP contribution in [0.15, 0.2) is 35.1 Å². The molecule has 1 N–H and O–H groups in total. The van der Waals surface area contributed by atoms with Gasteiger partial charge in [-0.05, 0) is 42.0 Å². The predicted octanol–water partition coefficient (Wildman–Crippen LogP) is 1.89. The lowest BCUT2D eigenvalue weighted by Gasteiger charge is -2.33. The van der Waals surface area contributed by atoms with Crippen molar-refractivity contribution in [1.82, 2.24) is 40.0 Å². The number of H-pyrrole nitrogens is 1. The fraction of sp³-hybridized carbons (Fsp3) is 0.381. The SMILES string of the molecule is Cc1sc2nc(CN3CCN(Cc4nnnn4-c4ccccc4)CC3)[nH]c(=O)c2c1C. The largest absolute Gasteiger partial charge is 0.309 e. The molecule has 3 aromatic heterocycles. The van der Waals surface area contributed by atoms with Crippen molar-refractivity contribution in [1.29, 1.82) is 0 Å². The van der Waals surface area contributed by atoms with Gasteiger partial charge in [0.2, 0.25) is 0 Å².